The van der Waals surface area contributed by atoms with Crippen LogP contribution in [0.3, 0.4) is 0 Å². The first-order valence-electron chi connectivity index (χ1n) is 7.44. The monoisotopic (exact) mass is 316 g/mol. The second-order valence-electron chi connectivity index (χ2n) is 7.06. The molecule has 1 aromatic heterocycles. The number of aromatic nitrogens is 2. The molecule has 0 saturated heterocycles. The van der Waals surface area contributed by atoms with E-state index in [2.05, 4.69) is 38.8 Å². The van der Waals surface area contributed by atoms with Gasteiger partial charge in [0, 0.05) is 5.69 Å². The Morgan fingerprint density at radius 1 is 1.18 bits per heavy atom. The summed E-state index contributed by atoms with van der Waals surface area (Å²) >= 11 is 0. The van der Waals surface area contributed by atoms with Crippen molar-refractivity contribution in [1.29, 1.82) is 0 Å². The Morgan fingerprint density at radius 3 is 2.23 bits per heavy atom. The van der Waals surface area contributed by atoms with Gasteiger partial charge in [-0.1, -0.05) is 20.8 Å². The van der Waals surface area contributed by atoms with E-state index in [1.807, 2.05) is 35.8 Å². The topological polar surface area (TPSA) is 44.1 Å². The van der Waals surface area contributed by atoms with E-state index in [0.717, 1.165) is 23.4 Å². The molecule has 0 amide bonds. The zero-order chi connectivity index (χ0) is 16.5. The summed E-state index contributed by atoms with van der Waals surface area (Å²) in [5.74, 6) is 0.892. The average molecular weight is 316 g/mol. The highest BCUT2D eigenvalue weighted by molar-refractivity contribution is 6.74. The number of hydrogen-bond acceptors (Lipinski definition) is 3. The third-order valence-corrected chi connectivity index (χ3v) is 8.81. The number of nitrogens with zero attached hydrogens (tertiary/aromatic N) is 2. The highest BCUT2D eigenvalue weighted by Gasteiger charge is 2.38. The van der Waals surface area contributed by atoms with Gasteiger partial charge in [0.15, 0.2) is 6.29 Å². The number of benzene rings is 1. The second-order valence-corrected chi connectivity index (χ2v) is 11.8. The summed E-state index contributed by atoms with van der Waals surface area (Å²) in [6.07, 6.45) is 2.45. The fraction of sp³-hybridized carbons (Fsp3) is 0.412. The molecule has 4 nitrogen and oxygen atoms in total. The van der Waals surface area contributed by atoms with Crippen molar-refractivity contribution in [2.24, 2.45) is 0 Å². The molecule has 22 heavy (non-hydrogen) atoms. The number of rotatable bonds is 4. The predicted molar refractivity (Wildman–Crippen MR) is 91.5 cm³/mol. The maximum absolute atomic E-state index is 10.9. The molecule has 0 fully saturated rings. The zero-order valence-electron chi connectivity index (χ0n) is 14.2. The highest BCUT2D eigenvalue weighted by atomic mass is 28.4. The van der Waals surface area contributed by atoms with E-state index < -0.39 is 8.32 Å². The predicted octanol–water partition coefficient (Wildman–Crippen LogP) is 4.38. The van der Waals surface area contributed by atoms with Crippen LogP contribution in [0.1, 0.15) is 37.0 Å². The van der Waals surface area contributed by atoms with Gasteiger partial charge in [-0.05, 0) is 49.3 Å². The molecule has 0 aliphatic heterocycles. The molecule has 0 atom stereocenters. The molecule has 0 radical (unpaired) electrons. The quantitative estimate of drug-likeness (QED) is 0.621. The Labute approximate surface area is 133 Å². The lowest BCUT2D eigenvalue weighted by atomic mass is 10.2. The van der Waals surface area contributed by atoms with Gasteiger partial charge in [0.2, 0.25) is 8.32 Å². The van der Waals surface area contributed by atoms with Crippen LogP contribution in [0.2, 0.25) is 18.1 Å². The van der Waals surface area contributed by atoms with Gasteiger partial charge >= 0.3 is 0 Å². The Hall–Kier alpha value is -1.88. The first kappa shape index (κ1) is 16.5. The van der Waals surface area contributed by atoms with E-state index in [4.69, 9.17) is 4.43 Å². The van der Waals surface area contributed by atoms with Crippen molar-refractivity contribution in [2.75, 3.05) is 0 Å². The number of carbonyl (C=O) groups excluding carboxylic acids is 1. The molecular weight excluding hydrogens is 292 g/mol. The minimum atomic E-state index is -1.82. The number of imidazole rings is 1. The Kier molecular flexibility index (Phi) is 4.29. The smallest absolute Gasteiger partial charge is 0.250 e. The fourth-order valence-corrected chi connectivity index (χ4v) is 2.95. The average Bonchev–Trinajstić information content (AvgIpc) is 2.79. The summed E-state index contributed by atoms with van der Waals surface area (Å²) in [5.41, 5.74) is 2.29. The van der Waals surface area contributed by atoms with Crippen molar-refractivity contribution >= 4 is 14.6 Å². The molecule has 0 aliphatic rings. The number of aldehydes is 1. The molecule has 0 saturated carbocycles. The van der Waals surface area contributed by atoms with Crippen LogP contribution in [0, 0.1) is 6.92 Å². The van der Waals surface area contributed by atoms with Crippen molar-refractivity contribution in [2.45, 2.75) is 45.8 Å². The molecule has 2 rings (SSSR count). The molecule has 0 N–H and O–H groups in total. The summed E-state index contributed by atoms with van der Waals surface area (Å²) in [7, 11) is -1.82. The van der Waals surface area contributed by atoms with E-state index in [1.54, 1.807) is 6.33 Å². The summed E-state index contributed by atoms with van der Waals surface area (Å²) in [6.45, 7) is 13.0. The standard InChI is InChI=1S/C17H24N2O2Si/c1-13-16(11-20)18-12-19(13)14-7-9-15(10-8-14)21-22(5,6)17(2,3)4/h7-12H,1-6H3. The van der Waals surface area contributed by atoms with Crippen molar-refractivity contribution in [3.8, 4) is 11.4 Å². The first-order valence-corrected chi connectivity index (χ1v) is 10.3. The van der Waals surface area contributed by atoms with Gasteiger partial charge < -0.3 is 8.99 Å². The summed E-state index contributed by atoms with van der Waals surface area (Å²) in [5, 5.41) is 0.172. The van der Waals surface area contributed by atoms with E-state index >= 15 is 0 Å². The molecule has 118 valence electrons. The third kappa shape index (κ3) is 3.14. The van der Waals surface area contributed by atoms with Crippen LogP contribution in [0.15, 0.2) is 30.6 Å². The van der Waals surface area contributed by atoms with Crippen LogP contribution in [0.5, 0.6) is 5.75 Å². The highest BCUT2D eigenvalue weighted by Crippen LogP contribution is 2.37. The minimum absolute atomic E-state index is 0.172. The summed E-state index contributed by atoms with van der Waals surface area (Å²) < 4.78 is 8.17. The van der Waals surface area contributed by atoms with Crippen LogP contribution in [-0.4, -0.2) is 24.2 Å². The molecule has 0 spiro atoms. The van der Waals surface area contributed by atoms with Crippen molar-refractivity contribution < 1.29 is 9.22 Å². The van der Waals surface area contributed by atoms with Crippen LogP contribution in [0.4, 0.5) is 0 Å². The van der Waals surface area contributed by atoms with Crippen LogP contribution in [0.25, 0.3) is 5.69 Å². The minimum Gasteiger partial charge on any atom is -0.544 e. The second kappa shape index (κ2) is 5.72. The number of hydrogen-bond donors (Lipinski definition) is 0. The van der Waals surface area contributed by atoms with Gasteiger partial charge in [0.1, 0.15) is 17.8 Å². The van der Waals surface area contributed by atoms with E-state index in [1.165, 1.54) is 0 Å². The van der Waals surface area contributed by atoms with Gasteiger partial charge in [0.05, 0.1) is 5.69 Å². The maximum Gasteiger partial charge on any atom is 0.250 e. The molecule has 2 aromatic rings. The lowest BCUT2D eigenvalue weighted by Gasteiger charge is -2.36. The summed E-state index contributed by atoms with van der Waals surface area (Å²) in [6, 6.07) is 7.95. The Balaban J connectivity index is 2.24. The van der Waals surface area contributed by atoms with E-state index in [9.17, 15) is 4.79 Å². The van der Waals surface area contributed by atoms with Crippen molar-refractivity contribution in [1.82, 2.24) is 9.55 Å². The van der Waals surface area contributed by atoms with Gasteiger partial charge in [0.25, 0.3) is 0 Å². The normalized spacial score (nSPS) is 12.3. The first-order chi connectivity index (χ1) is 10.2. The van der Waals surface area contributed by atoms with Gasteiger partial charge in [-0.25, -0.2) is 4.98 Å². The molecule has 1 aromatic carbocycles. The molecule has 0 unspecified atom stereocenters. The third-order valence-electron chi connectivity index (χ3n) is 4.45. The van der Waals surface area contributed by atoms with Gasteiger partial charge in [-0.3, -0.25) is 4.79 Å². The lowest BCUT2D eigenvalue weighted by Crippen LogP contribution is -2.43. The Morgan fingerprint density at radius 2 is 1.77 bits per heavy atom. The zero-order valence-corrected chi connectivity index (χ0v) is 15.2. The maximum atomic E-state index is 10.9. The molecule has 0 aliphatic carbocycles. The molecule has 5 heteroatoms. The van der Waals surface area contributed by atoms with Crippen LogP contribution in [-0.2, 0) is 0 Å². The fourth-order valence-electron chi connectivity index (χ4n) is 1.92. The largest absolute Gasteiger partial charge is 0.544 e. The molecule has 1 heterocycles. The van der Waals surface area contributed by atoms with Gasteiger partial charge in [-0.15, -0.1) is 0 Å². The SMILES string of the molecule is Cc1c(C=O)ncn1-c1ccc(O[Si](C)(C)C(C)(C)C)cc1. The van der Waals surface area contributed by atoms with Crippen LogP contribution >= 0.6 is 0 Å². The van der Waals surface area contributed by atoms with E-state index in [-0.39, 0.29) is 5.04 Å². The van der Waals surface area contributed by atoms with Gasteiger partial charge in [-0.2, -0.15) is 0 Å². The Bertz CT molecular complexity index is 667. The lowest BCUT2D eigenvalue weighted by molar-refractivity contribution is 0.111. The van der Waals surface area contributed by atoms with E-state index in [0.29, 0.717) is 5.69 Å². The number of carbonyl (C=O) groups is 1. The van der Waals surface area contributed by atoms with Crippen LogP contribution < -0.4 is 4.43 Å². The van der Waals surface area contributed by atoms with Crippen molar-refractivity contribution in [3.05, 3.63) is 42.0 Å². The molecular formula is C17H24N2O2Si. The summed E-state index contributed by atoms with van der Waals surface area (Å²) in [4.78, 5) is 15.0. The van der Waals surface area contributed by atoms with Crippen molar-refractivity contribution in [3.63, 3.8) is 0 Å². The molecule has 0 bridgehead atoms.